The lowest BCUT2D eigenvalue weighted by molar-refractivity contribution is -0.139. The second-order valence-electron chi connectivity index (χ2n) is 7.95. The van der Waals surface area contributed by atoms with Gasteiger partial charge in [0.05, 0.1) is 6.04 Å². The van der Waals surface area contributed by atoms with Crippen molar-refractivity contribution in [1.82, 2.24) is 9.80 Å². The lowest BCUT2D eigenvalue weighted by atomic mass is 9.90. The van der Waals surface area contributed by atoms with Crippen molar-refractivity contribution in [2.75, 3.05) is 25.0 Å². The number of nitrogens with zero attached hydrogens (tertiary/aromatic N) is 2. The fourth-order valence-electron chi connectivity index (χ4n) is 4.29. The van der Waals surface area contributed by atoms with Crippen LogP contribution >= 0.6 is 0 Å². The summed E-state index contributed by atoms with van der Waals surface area (Å²) in [7, 11) is 0. The standard InChI is InChI=1S/C25H22FN3O3/c26-18-6-11-22-17(14-18)12-13-29-23(22)15-28(16-24(29)30)25(31)27-19-7-9-21(10-8-19)32-20-4-2-1-3-5-20/h1-11,14,23H,12-13,15-16H2,(H,27,31). The third-order valence-corrected chi connectivity index (χ3v) is 5.87. The molecule has 7 heteroatoms. The van der Waals surface area contributed by atoms with E-state index >= 15 is 0 Å². The Kier molecular flexibility index (Phi) is 5.23. The Bertz CT molecular complexity index is 1150. The molecule has 3 amide bonds. The Morgan fingerprint density at radius 3 is 2.53 bits per heavy atom. The highest BCUT2D eigenvalue weighted by Crippen LogP contribution is 2.33. The zero-order valence-electron chi connectivity index (χ0n) is 17.3. The number of carbonyl (C=O) groups excluding carboxylic acids is 2. The molecule has 0 spiro atoms. The number of amides is 3. The number of anilines is 1. The van der Waals surface area contributed by atoms with E-state index in [0.717, 1.165) is 16.9 Å². The number of carbonyl (C=O) groups is 2. The van der Waals surface area contributed by atoms with E-state index in [1.54, 1.807) is 35.2 Å². The number of halogens is 1. The molecule has 1 atom stereocenters. The molecule has 1 saturated heterocycles. The molecule has 1 unspecified atom stereocenters. The summed E-state index contributed by atoms with van der Waals surface area (Å²) in [4.78, 5) is 28.9. The number of benzene rings is 3. The van der Waals surface area contributed by atoms with Crippen LogP contribution in [0.5, 0.6) is 11.5 Å². The highest BCUT2D eigenvalue weighted by Gasteiger charge is 2.38. The first-order valence-corrected chi connectivity index (χ1v) is 10.5. The Balaban J connectivity index is 1.27. The Labute approximate surface area is 185 Å². The average Bonchev–Trinajstić information content (AvgIpc) is 2.80. The van der Waals surface area contributed by atoms with Gasteiger partial charge >= 0.3 is 6.03 Å². The van der Waals surface area contributed by atoms with Gasteiger partial charge in [0, 0.05) is 18.8 Å². The number of piperazine rings is 1. The predicted octanol–water partition coefficient (Wildman–Crippen LogP) is 4.59. The van der Waals surface area contributed by atoms with Gasteiger partial charge in [-0.2, -0.15) is 0 Å². The maximum absolute atomic E-state index is 13.6. The van der Waals surface area contributed by atoms with E-state index in [-0.39, 0.29) is 30.3 Å². The van der Waals surface area contributed by atoms with E-state index in [9.17, 15) is 14.0 Å². The highest BCUT2D eigenvalue weighted by molar-refractivity contribution is 5.93. The summed E-state index contributed by atoms with van der Waals surface area (Å²) in [6.07, 6.45) is 0.624. The molecule has 3 aromatic carbocycles. The van der Waals surface area contributed by atoms with Gasteiger partial charge in [-0.15, -0.1) is 0 Å². The molecule has 2 heterocycles. The van der Waals surface area contributed by atoms with Crippen molar-refractivity contribution in [3.63, 3.8) is 0 Å². The van der Waals surface area contributed by atoms with Gasteiger partial charge in [0.1, 0.15) is 23.9 Å². The zero-order valence-corrected chi connectivity index (χ0v) is 17.3. The summed E-state index contributed by atoms with van der Waals surface area (Å²) in [5, 5.41) is 2.85. The number of hydrogen-bond acceptors (Lipinski definition) is 3. The minimum atomic E-state index is -0.344. The van der Waals surface area contributed by atoms with Gasteiger partial charge in [-0.1, -0.05) is 24.3 Å². The van der Waals surface area contributed by atoms with E-state index in [1.807, 2.05) is 30.3 Å². The van der Waals surface area contributed by atoms with Gasteiger partial charge in [-0.25, -0.2) is 9.18 Å². The number of ether oxygens (including phenoxy) is 1. The van der Waals surface area contributed by atoms with Crippen LogP contribution in [0.3, 0.4) is 0 Å². The Hall–Kier alpha value is -3.87. The lowest BCUT2D eigenvalue weighted by Crippen LogP contribution is -2.56. The summed E-state index contributed by atoms with van der Waals surface area (Å²) in [6, 6.07) is 20.6. The van der Waals surface area contributed by atoms with E-state index in [1.165, 1.54) is 17.0 Å². The molecule has 6 nitrogen and oxygen atoms in total. The molecule has 0 aromatic heterocycles. The third-order valence-electron chi connectivity index (χ3n) is 5.87. The van der Waals surface area contributed by atoms with Crippen LogP contribution in [0.2, 0.25) is 0 Å². The molecule has 5 rings (SSSR count). The summed E-state index contributed by atoms with van der Waals surface area (Å²) >= 11 is 0. The number of fused-ring (bicyclic) bond motifs is 3. The first-order valence-electron chi connectivity index (χ1n) is 10.5. The Morgan fingerprint density at radius 2 is 1.75 bits per heavy atom. The molecule has 162 valence electrons. The summed E-state index contributed by atoms with van der Waals surface area (Å²) in [6.45, 7) is 0.928. The maximum Gasteiger partial charge on any atom is 0.322 e. The minimum absolute atomic E-state index is 0.0219. The first-order chi connectivity index (χ1) is 15.6. The second-order valence-corrected chi connectivity index (χ2v) is 7.95. The van der Waals surface area contributed by atoms with Gasteiger partial charge < -0.3 is 19.9 Å². The van der Waals surface area contributed by atoms with Crippen LogP contribution in [0.25, 0.3) is 0 Å². The molecule has 32 heavy (non-hydrogen) atoms. The lowest BCUT2D eigenvalue weighted by Gasteiger charge is -2.44. The molecule has 1 N–H and O–H groups in total. The van der Waals surface area contributed by atoms with E-state index < -0.39 is 0 Å². The fraction of sp³-hybridized carbons (Fsp3) is 0.200. The van der Waals surface area contributed by atoms with Crippen molar-refractivity contribution in [1.29, 1.82) is 0 Å². The quantitative estimate of drug-likeness (QED) is 0.660. The molecular formula is C25H22FN3O3. The number of para-hydroxylation sites is 1. The van der Waals surface area contributed by atoms with Crippen LogP contribution in [0, 0.1) is 5.82 Å². The molecule has 0 aliphatic carbocycles. The first kappa shape index (κ1) is 20.1. The van der Waals surface area contributed by atoms with Crippen LogP contribution in [-0.2, 0) is 11.2 Å². The minimum Gasteiger partial charge on any atom is -0.457 e. The third kappa shape index (κ3) is 4.01. The summed E-state index contributed by atoms with van der Waals surface area (Å²) in [5.74, 6) is 1.00. The van der Waals surface area contributed by atoms with Crippen LogP contribution in [0.1, 0.15) is 17.2 Å². The molecule has 3 aromatic rings. The van der Waals surface area contributed by atoms with Crippen molar-refractivity contribution in [3.05, 3.63) is 89.7 Å². The van der Waals surface area contributed by atoms with Gasteiger partial charge in [0.25, 0.3) is 0 Å². The predicted molar refractivity (Wildman–Crippen MR) is 118 cm³/mol. The van der Waals surface area contributed by atoms with E-state index in [4.69, 9.17) is 4.74 Å². The number of hydrogen-bond donors (Lipinski definition) is 1. The normalized spacial score (nSPS) is 17.4. The second kappa shape index (κ2) is 8.34. The maximum atomic E-state index is 13.6. The van der Waals surface area contributed by atoms with Crippen LogP contribution in [0.4, 0.5) is 14.9 Å². The fourth-order valence-corrected chi connectivity index (χ4v) is 4.29. The molecule has 2 aliphatic rings. The highest BCUT2D eigenvalue weighted by atomic mass is 19.1. The van der Waals surface area contributed by atoms with Crippen molar-refractivity contribution in [2.45, 2.75) is 12.5 Å². The number of nitrogens with one attached hydrogen (secondary N) is 1. The Morgan fingerprint density at radius 1 is 1.00 bits per heavy atom. The molecule has 2 aliphatic heterocycles. The molecular weight excluding hydrogens is 409 g/mol. The topological polar surface area (TPSA) is 61.9 Å². The molecule has 0 saturated carbocycles. The number of urea groups is 1. The van der Waals surface area contributed by atoms with Crippen molar-refractivity contribution in [2.24, 2.45) is 0 Å². The van der Waals surface area contributed by atoms with Crippen LogP contribution < -0.4 is 10.1 Å². The summed E-state index contributed by atoms with van der Waals surface area (Å²) in [5.41, 5.74) is 2.41. The van der Waals surface area contributed by atoms with Gasteiger partial charge in [-0.3, -0.25) is 4.79 Å². The van der Waals surface area contributed by atoms with Gasteiger partial charge in [-0.05, 0) is 66.1 Å². The van der Waals surface area contributed by atoms with Crippen LogP contribution in [0.15, 0.2) is 72.8 Å². The smallest absolute Gasteiger partial charge is 0.322 e. The molecule has 0 radical (unpaired) electrons. The van der Waals surface area contributed by atoms with Crippen LogP contribution in [-0.4, -0.2) is 41.4 Å². The summed E-state index contributed by atoms with van der Waals surface area (Å²) < 4.78 is 19.4. The van der Waals surface area contributed by atoms with E-state index in [2.05, 4.69) is 5.32 Å². The van der Waals surface area contributed by atoms with E-state index in [0.29, 0.717) is 30.9 Å². The van der Waals surface area contributed by atoms with Crippen molar-refractivity contribution < 1.29 is 18.7 Å². The van der Waals surface area contributed by atoms with Gasteiger partial charge in [0.15, 0.2) is 0 Å². The average molecular weight is 431 g/mol. The van der Waals surface area contributed by atoms with Gasteiger partial charge in [0.2, 0.25) is 5.91 Å². The monoisotopic (exact) mass is 431 g/mol. The largest absolute Gasteiger partial charge is 0.457 e. The molecule has 1 fully saturated rings. The number of rotatable bonds is 3. The zero-order chi connectivity index (χ0) is 22.1. The van der Waals surface area contributed by atoms with Crippen molar-refractivity contribution >= 4 is 17.6 Å². The SMILES string of the molecule is O=C(Nc1ccc(Oc2ccccc2)cc1)N1CC(=O)N2CCc3cc(F)ccc3C2C1. The van der Waals surface area contributed by atoms with Crippen molar-refractivity contribution in [3.8, 4) is 11.5 Å². The molecule has 0 bridgehead atoms.